The molecule has 116 valence electrons. The Morgan fingerprint density at radius 2 is 1.95 bits per heavy atom. The Labute approximate surface area is 142 Å². The number of anilines is 2. The number of carbonyl (C=O) groups is 1. The first-order valence-corrected chi connectivity index (χ1v) is 8.06. The van der Waals surface area contributed by atoms with E-state index in [2.05, 4.69) is 26.6 Å². The fourth-order valence-electron chi connectivity index (χ4n) is 1.80. The third kappa shape index (κ3) is 4.73. The van der Waals surface area contributed by atoms with Gasteiger partial charge in [0.2, 0.25) is 0 Å². The van der Waals surface area contributed by atoms with Gasteiger partial charge in [-0.1, -0.05) is 18.2 Å². The van der Waals surface area contributed by atoms with Crippen molar-refractivity contribution in [3.63, 3.8) is 0 Å². The normalized spacial score (nSPS) is 11.8. The van der Waals surface area contributed by atoms with Crippen LogP contribution in [0.5, 0.6) is 0 Å². The second-order valence-electron chi connectivity index (χ2n) is 4.70. The second-order valence-corrected chi connectivity index (χ2v) is 5.87. The molecule has 1 amide bonds. The summed E-state index contributed by atoms with van der Waals surface area (Å²) in [5.74, 6) is 0.0129. The molecule has 0 heterocycles. The molecule has 0 radical (unpaired) electrons. The van der Waals surface area contributed by atoms with Crippen molar-refractivity contribution >= 4 is 44.8 Å². The molecule has 0 bridgehead atoms. The van der Waals surface area contributed by atoms with Crippen LogP contribution in [0.3, 0.4) is 0 Å². The molecule has 0 saturated heterocycles. The molecule has 0 aliphatic rings. The van der Waals surface area contributed by atoms with E-state index in [1.54, 1.807) is 18.2 Å². The van der Waals surface area contributed by atoms with Gasteiger partial charge in [0.05, 0.1) is 17.7 Å². The third-order valence-electron chi connectivity index (χ3n) is 2.97. The molecule has 6 heteroatoms. The number of aliphatic hydroxyl groups is 1. The predicted molar refractivity (Wildman–Crippen MR) is 93.8 cm³/mol. The lowest BCUT2D eigenvalue weighted by Crippen LogP contribution is -2.20. The number of aliphatic hydroxyl groups excluding tert-OH is 1. The first-order chi connectivity index (χ1) is 10.6. The molecule has 1 unspecified atom stereocenters. The van der Waals surface area contributed by atoms with Gasteiger partial charge in [-0.2, -0.15) is 0 Å². The van der Waals surface area contributed by atoms with Crippen molar-refractivity contribution in [1.29, 1.82) is 0 Å². The Kier molecular flexibility index (Phi) is 6.24. The van der Waals surface area contributed by atoms with Gasteiger partial charge in [-0.05, 0) is 46.3 Å². The topological polar surface area (TPSA) is 61.4 Å². The minimum atomic E-state index is -0.599. The fourth-order valence-corrected chi connectivity index (χ4v) is 2.39. The van der Waals surface area contributed by atoms with Crippen LogP contribution in [0.25, 0.3) is 0 Å². The Hall–Kier alpha value is -1.56. The van der Waals surface area contributed by atoms with Crippen LogP contribution in [0, 0.1) is 0 Å². The maximum atomic E-state index is 12.1. The summed E-state index contributed by atoms with van der Waals surface area (Å²) in [5, 5.41) is 15.3. The van der Waals surface area contributed by atoms with Crippen molar-refractivity contribution in [3.8, 4) is 0 Å². The largest absolute Gasteiger partial charge is 0.390 e. The summed E-state index contributed by atoms with van der Waals surface area (Å²) in [5.41, 5.74) is 2.10. The van der Waals surface area contributed by atoms with Crippen molar-refractivity contribution < 1.29 is 9.90 Å². The van der Waals surface area contributed by atoms with E-state index in [4.69, 9.17) is 11.6 Å². The SMILES string of the molecule is O=C(Nc1ccc(NCC(O)CCl)cc1Br)c1ccccc1. The van der Waals surface area contributed by atoms with Crippen LogP contribution < -0.4 is 10.6 Å². The summed E-state index contributed by atoms with van der Waals surface area (Å²) in [6, 6.07) is 14.5. The van der Waals surface area contributed by atoms with Gasteiger partial charge in [-0.15, -0.1) is 11.6 Å². The van der Waals surface area contributed by atoms with Gasteiger partial charge in [0.25, 0.3) is 5.91 Å². The third-order valence-corrected chi connectivity index (χ3v) is 3.99. The number of nitrogens with one attached hydrogen (secondary N) is 2. The van der Waals surface area contributed by atoms with Gasteiger partial charge in [-0.25, -0.2) is 0 Å². The molecule has 0 fully saturated rings. The molecule has 0 aromatic heterocycles. The lowest BCUT2D eigenvalue weighted by molar-refractivity contribution is 0.102. The predicted octanol–water partition coefficient (Wildman–Crippen LogP) is 3.71. The van der Waals surface area contributed by atoms with E-state index in [9.17, 15) is 9.90 Å². The van der Waals surface area contributed by atoms with Crippen molar-refractivity contribution in [3.05, 3.63) is 58.6 Å². The molecule has 0 saturated carbocycles. The Morgan fingerprint density at radius 3 is 2.59 bits per heavy atom. The van der Waals surface area contributed by atoms with E-state index in [0.29, 0.717) is 17.8 Å². The summed E-state index contributed by atoms with van der Waals surface area (Å²) < 4.78 is 0.752. The summed E-state index contributed by atoms with van der Waals surface area (Å²) in [7, 11) is 0. The molecule has 2 rings (SSSR count). The van der Waals surface area contributed by atoms with Crippen molar-refractivity contribution in [2.45, 2.75) is 6.10 Å². The van der Waals surface area contributed by atoms with Crippen LogP contribution in [0.4, 0.5) is 11.4 Å². The molecule has 22 heavy (non-hydrogen) atoms. The zero-order valence-electron chi connectivity index (χ0n) is 11.7. The van der Waals surface area contributed by atoms with Crippen LogP contribution in [0.15, 0.2) is 53.0 Å². The zero-order valence-corrected chi connectivity index (χ0v) is 14.1. The van der Waals surface area contributed by atoms with E-state index < -0.39 is 6.10 Å². The van der Waals surface area contributed by atoms with Gasteiger partial charge in [0.15, 0.2) is 0 Å². The lowest BCUT2D eigenvalue weighted by Gasteiger charge is -2.12. The highest BCUT2D eigenvalue weighted by Crippen LogP contribution is 2.26. The van der Waals surface area contributed by atoms with Gasteiger partial charge in [0.1, 0.15) is 0 Å². The molecule has 1 atom stereocenters. The number of carbonyl (C=O) groups excluding carboxylic acids is 1. The van der Waals surface area contributed by atoms with E-state index in [-0.39, 0.29) is 11.8 Å². The quantitative estimate of drug-likeness (QED) is 0.666. The van der Waals surface area contributed by atoms with Crippen molar-refractivity contribution in [1.82, 2.24) is 0 Å². The second kappa shape index (κ2) is 8.17. The fraction of sp³-hybridized carbons (Fsp3) is 0.188. The molecule has 2 aromatic rings. The monoisotopic (exact) mass is 382 g/mol. The van der Waals surface area contributed by atoms with Gasteiger partial charge >= 0.3 is 0 Å². The van der Waals surface area contributed by atoms with E-state index in [1.807, 2.05) is 30.3 Å². The van der Waals surface area contributed by atoms with Crippen LogP contribution in [0.2, 0.25) is 0 Å². The number of rotatable bonds is 6. The number of amides is 1. The number of halogens is 2. The first-order valence-electron chi connectivity index (χ1n) is 6.74. The number of benzene rings is 2. The smallest absolute Gasteiger partial charge is 0.255 e. The van der Waals surface area contributed by atoms with Crippen LogP contribution in [-0.4, -0.2) is 29.5 Å². The zero-order chi connectivity index (χ0) is 15.9. The first kappa shape index (κ1) is 16.8. The molecule has 0 spiro atoms. The van der Waals surface area contributed by atoms with Gasteiger partial charge in [-0.3, -0.25) is 4.79 Å². The number of hydrogen-bond acceptors (Lipinski definition) is 3. The number of hydrogen-bond donors (Lipinski definition) is 3. The summed E-state index contributed by atoms with van der Waals surface area (Å²) in [6.07, 6.45) is -0.599. The summed E-state index contributed by atoms with van der Waals surface area (Å²) in [4.78, 5) is 12.1. The maximum absolute atomic E-state index is 12.1. The van der Waals surface area contributed by atoms with Crippen LogP contribution in [0.1, 0.15) is 10.4 Å². The minimum Gasteiger partial charge on any atom is -0.390 e. The average Bonchev–Trinajstić information content (AvgIpc) is 2.55. The molecule has 2 aromatic carbocycles. The van der Waals surface area contributed by atoms with Crippen LogP contribution >= 0.6 is 27.5 Å². The van der Waals surface area contributed by atoms with Crippen molar-refractivity contribution in [2.75, 3.05) is 23.1 Å². The highest BCUT2D eigenvalue weighted by Gasteiger charge is 2.09. The lowest BCUT2D eigenvalue weighted by atomic mass is 10.2. The Bertz CT molecular complexity index is 637. The average molecular weight is 384 g/mol. The molecule has 0 aliphatic heterocycles. The van der Waals surface area contributed by atoms with Gasteiger partial charge in [0, 0.05) is 22.3 Å². The molecular weight excluding hydrogens is 368 g/mol. The minimum absolute atomic E-state index is 0.167. The van der Waals surface area contributed by atoms with E-state index >= 15 is 0 Å². The standard InChI is InChI=1S/C16H16BrClN2O2/c17-14-8-12(19-10-13(21)9-18)6-7-15(14)20-16(22)11-4-2-1-3-5-11/h1-8,13,19,21H,9-10H2,(H,20,22). The molecule has 0 aliphatic carbocycles. The molecule has 3 N–H and O–H groups in total. The van der Waals surface area contributed by atoms with Crippen LogP contribution in [-0.2, 0) is 0 Å². The highest BCUT2D eigenvalue weighted by atomic mass is 79.9. The Morgan fingerprint density at radius 1 is 1.23 bits per heavy atom. The van der Waals surface area contributed by atoms with E-state index in [1.165, 1.54) is 0 Å². The maximum Gasteiger partial charge on any atom is 0.255 e. The van der Waals surface area contributed by atoms with Crippen molar-refractivity contribution in [2.24, 2.45) is 0 Å². The number of alkyl halides is 1. The summed E-state index contributed by atoms with van der Waals surface area (Å²) >= 11 is 8.97. The highest BCUT2D eigenvalue weighted by molar-refractivity contribution is 9.10. The summed E-state index contributed by atoms with van der Waals surface area (Å²) in [6.45, 7) is 0.367. The van der Waals surface area contributed by atoms with E-state index in [0.717, 1.165) is 10.2 Å². The molecule has 4 nitrogen and oxygen atoms in total. The Balaban J connectivity index is 2.02. The molecular formula is C16H16BrClN2O2. The van der Waals surface area contributed by atoms with Gasteiger partial charge < -0.3 is 15.7 Å².